The summed E-state index contributed by atoms with van der Waals surface area (Å²) in [6, 6.07) is 7.11. The Labute approximate surface area is 179 Å². The van der Waals surface area contributed by atoms with E-state index in [-0.39, 0.29) is 41.7 Å². The van der Waals surface area contributed by atoms with Crippen LogP contribution < -0.4 is 10.6 Å². The smallest absolute Gasteiger partial charge is 0.222 e. The summed E-state index contributed by atoms with van der Waals surface area (Å²) in [5.74, 6) is 0.847. The average molecular weight is 490 g/mol. The van der Waals surface area contributed by atoms with Gasteiger partial charge in [0.1, 0.15) is 5.82 Å². The maximum atomic E-state index is 13.7. The third-order valence-electron chi connectivity index (χ3n) is 4.74. The first-order valence-corrected chi connectivity index (χ1v) is 9.70. The fourth-order valence-electron chi connectivity index (χ4n) is 3.32. The van der Waals surface area contributed by atoms with Gasteiger partial charge in [-0.05, 0) is 44.2 Å². The van der Waals surface area contributed by atoms with E-state index < -0.39 is 0 Å². The molecule has 0 bridgehead atoms. The van der Waals surface area contributed by atoms with E-state index in [9.17, 15) is 9.18 Å². The van der Waals surface area contributed by atoms with Crippen molar-refractivity contribution in [3.8, 4) is 0 Å². The standard InChI is InChI=1S/C20H31FN4O.HI/c1-3-17(25-15-7-10-19(25)26)12-14-24-20(22-4-2)23-13-11-16-8-5-6-9-18(16)21;/h5-6,8-9,17H,3-4,7,10-15H2,1-2H3,(H2,22,23,24);1H. The van der Waals surface area contributed by atoms with Crippen LogP contribution in [-0.2, 0) is 11.2 Å². The molecule has 1 aliphatic rings. The molecule has 1 unspecified atom stereocenters. The molecular formula is C20H32FIN4O. The molecule has 0 aliphatic carbocycles. The highest BCUT2D eigenvalue weighted by Crippen LogP contribution is 2.18. The van der Waals surface area contributed by atoms with Gasteiger partial charge < -0.3 is 15.5 Å². The first-order chi connectivity index (χ1) is 12.7. The predicted molar refractivity (Wildman–Crippen MR) is 119 cm³/mol. The highest BCUT2D eigenvalue weighted by molar-refractivity contribution is 14.0. The fourth-order valence-corrected chi connectivity index (χ4v) is 3.32. The Morgan fingerprint density at radius 3 is 2.70 bits per heavy atom. The third kappa shape index (κ3) is 7.63. The predicted octanol–water partition coefficient (Wildman–Crippen LogP) is 3.33. The van der Waals surface area contributed by atoms with E-state index in [0.29, 0.717) is 31.5 Å². The van der Waals surface area contributed by atoms with Gasteiger partial charge in [-0.3, -0.25) is 9.79 Å². The second-order valence-corrected chi connectivity index (χ2v) is 6.57. The number of rotatable bonds is 9. The molecule has 1 aromatic carbocycles. The van der Waals surface area contributed by atoms with Gasteiger partial charge in [-0.2, -0.15) is 0 Å². The summed E-state index contributed by atoms with van der Waals surface area (Å²) < 4.78 is 13.7. The summed E-state index contributed by atoms with van der Waals surface area (Å²) in [5.41, 5.74) is 0.703. The molecule has 2 rings (SSSR count). The quantitative estimate of drug-likeness (QED) is 0.317. The van der Waals surface area contributed by atoms with E-state index in [1.54, 1.807) is 12.1 Å². The lowest BCUT2D eigenvalue weighted by Crippen LogP contribution is -2.39. The van der Waals surface area contributed by atoms with Crippen LogP contribution in [0.15, 0.2) is 29.3 Å². The molecule has 1 saturated heterocycles. The van der Waals surface area contributed by atoms with Crippen LogP contribution in [0.2, 0.25) is 0 Å². The molecule has 27 heavy (non-hydrogen) atoms. The molecule has 1 aromatic rings. The van der Waals surface area contributed by atoms with Gasteiger partial charge in [-0.15, -0.1) is 24.0 Å². The summed E-state index contributed by atoms with van der Waals surface area (Å²) in [6.07, 6.45) is 4.08. The van der Waals surface area contributed by atoms with Crippen molar-refractivity contribution in [2.75, 3.05) is 26.2 Å². The second-order valence-electron chi connectivity index (χ2n) is 6.57. The van der Waals surface area contributed by atoms with Gasteiger partial charge in [-0.25, -0.2) is 4.39 Å². The topological polar surface area (TPSA) is 56.7 Å². The Kier molecular flexibility index (Phi) is 11.3. The van der Waals surface area contributed by atoms with Crippen molar-refractivity contribution in [1.82, 2.24) is 15.5 Å². The summed E-state index contributed by atoms with van der Waals surface area (Å²) in [4.78, 5) is 18.5. The van der Waals surface area contributed by atoms with Crippen molar-refractivity contribution < 1.29 is 9.18 Å². The van der Waals surface area contributed by atoms with Crippen LogP contribution in [0.4, 0.5) is 4.39 Å². The number of nitrogens with zero attached hydrogens (tertiary/aromatic N) is 2. The van der Waals surface area contributed by atoms with Crippen LogP contribution in [0.25, 0.3) is 0 Å². The van der Waals surface area contributed by atoms with E-state index in [4.69, 9.17) is 0 Å². The van der Waals surface area contributed by atoms with Gasteiger partial charge >= 0.3 is 0 Å². The van der Waals surface area contributed by atoms with Crippen molar-refractivity contribution in [2.24, 2.45) is 4.99 Å². The van der Waals surface area contributed by atoms with Crippen LogP contribution >= 0.6 is 24.0 Å². The minimum absolute atomic E-state index is 0. The number of carbonyl (C=O) groups excluding carboxylic acids is 1. The molecule has 1 fully saturated rings. The Bertz CT molecular complexity index is 611. The van der Waals surface area contributed by atoms with Crippen molar-refractivity contribution in [3.05, 3.63) is 35.6 Å². The molecule has 0 aromatic heterocycles. The van der Waals surface area contributed by atoms with Gasteiger partial charge in [0.15, 0.2) is 5.96 Å². The Morgan fingerprint density at radius 2 is 2.07 bits per heavy atom. The second kappa shape index (κ2) is 12.9. The molecule has 1 atom stereocenters. The van der Waals surface area contributed by atoms with Crippen molar-refractivity contribution in [2.45, 2.75) is 52.0 Å². The van der Waals surface area contributed by atoms with Crippen molar-refractivity contribution >= 4 is 35.8 Å². The van der Waals surface area contributed by atoms with Crippen molar-refractivity contribution in [3.63, 3.8) is 0 Å². The zero-order valence-corrected chi connectivity index (χ0v) is 18.7. The number of hydrogen-bond acceptors (Lipinski definition) is 2. The van der Waals surface area contributed by atoms with Crippen molar-refractivity contribution in [1.29, 1.82) is 0 Å². The number of guanidine groups is 1. The number of carbonyl (C=O) groups is 1. The molecule has 5 nitrogen and oxygen atoms in total. The van der Waals surface area contributed by atoms with Crippen LogP contribution in [0.3, 0.4) is 0 Å². The summed E-state index contributed by atoms with van der Waals surface area (Å²) in [7, 11) is 0. The van der Waals surface area contributed by atoms with E-state index in [1.165, 1.54) is 6.07 Å². The normalized spacial score (nSPS) is 15.4. The first-order valence-electron chi connectivity index (χ1n) is 9.70. The molecule has 1 heterocycles. The fraction of sp³-hybridized carbons (Fsp3) is 0.600. The minimum Gasteiger partial charge on any atom is -0.357 e. The highest BCUT2D eigenvalue weighted by atomic mass is 127. The molecule has 0 saturated carbocycles. The van der Waals surface area contributed by atoms with E-state index >= 15 is 0 Å². The molecule has 2 N–H and O–H groups in total. The number of nitrogens with one attached hydrogen (secondary N) is 2. The Hall–Kier alpha value is -1.38. The van der Waals surface area contributed by atoms with E-state index in [0.717, 1.165) is 38.3 Å². The van der Waals surface area contributed by atoms with E-state index in [2.05, 4.69) is 22.5 Å². The molecule has 1 aliphatic heterocycles. The molecule has 7 heteroatoms. The maximum absolute atomic E-state index is 13.7. The number of benzene rings is 1. The number of likely N-dealkylation sites (tertiary alicyclic amines) is 1. The largest absolute Gasteiger partial charge is 0.357 e. The molecule has 0 spiro atoms. The van der Waals surface area contributed by atoms with Crippen LogP contribution in [0, 0.1) is 5.82 Å². The monoisotopic (exact) mass is 490 g/mol. The van der Waals surface area contributed by atoms with Gasteiger partial charge in [-0.1, -0.05) is 25.1 Å². The lowest BCUT2D eigenvalue weighted by Gasteiger charge is -2.26. The van der Waals surface area contributed by atoms with Gasteiger partial charge in [0.25, 0.3) is 0 Å². The number of amides is 1. The highest BCUT2D eigenvalue weighted by Gasteiger charge is 2.26. The van der Waals surface area contributed by atoms with Crippen LogP contribution in [0.1, 0.15) is 45.1 Å². The van der Waals surface area contributed by atoms with Gasteiger partial charge in [0, 0.05) is 38.6 Å². The van der Waals surface area contributed by atoms with Gasteiger partial charge in [0.2, 0.25) is 5.91 Å². The maximum Gasteiger partial charge on any atom is 0.222 e. The summed E-state index contributed by atoms with van der Waals surface area (Å²) in [6.45, 7) is 7.07. The zero-order valence-electron chi connectivity index (χ0n) is 16.3. The number of aliphatic imine (C=N–C) groups is 1. The molecule has 152 valence electrons. The lowest BCUT2D eigenvalue weighted by atomic mass is 10.1. The first kappa shape index (κ1) is 23.7. The third-order valence-corrected chi connectivity index (χ3v) is 4.74. The molecule has 1 amide bonds. The average Bonchev–Trinajstić information content (AvgIpc) is 3.06. The number of halogens is 2. The summed E-state index contributed by atoms with van der Waals surface area (Å²) >= 11 is 0. The molecule has 0 radical (unpaired) electrons. The number of hydrogen-bond donors (Lipinski definition) is 2. The van der Waals surface area contributed by atoms with Gasteiger partial charge in [0.05, 0.1) is 0 Å². The zero-order chi connectivity index (χ0) is 18.8. The SMILES string of the molecule is CCNC(=NCCC(CC)N1CCCC1=O)NCCc1ccccc1F.I. The van der Waals surface area contributed by atoms with Crippen LogP contribution in [0.5, 0.6) is 0 Å². The molecular weight excluding hydrogens is 458 g/mol. The lowest BCUT2D eigenvalue weighted by molar-refractivity contribution is -0.129. The van der Waals surface area contributed by atoms with Crippen LogP contribution in [-0.4, -0.2) is 49.0 Å². The Balaban J connectivity index is 0.00000364. The summed E-state index contributed by atoms with van der Waals surface area (Å²) in [5, 5.41) is 6.48. The van der Waals surface area contributed by atoms with E-state index in [1.807, 2.05) is 17.9 Å². The minimum atomic E-state index is -0.169. The Morgan fingerprint density at radius 1 is 1.30 bits per heavy atom.